The van der Waals surface area contributed by atoms with Crippen LogP contribution in [-0.2, 0) is 12.6 Å². The minimum absolute atomic E-state index is 0.0219. The summed E-state index contributed by atoms with van der Waals surface area (Å²) in [6.07, 6.45) is 6.41. The van der Waals surface area contributed by atoms with E-state index in [1.54, 1.807) is 13.3 Å². The summed E-state index contributed by atoms with van der Waals surface area (Å²) in [7, 11) is 3.51. The van der Waals surface area contributed by atoms with Crippen molar-refractivity contribution in [1.82, 2.24) is 14.5 Å². The molecule has 0 radical (unpaired) electrons. The van der Waals surface area contributed by atoms with Crippen LogP contribution in [-0.4, -0.2) is 44.8 Å². The largest absolute Gasteiger partial charge is 0.497 e. The van der Waals surface area contributed by atoms with Gasteiger partial charge in [0.1, 0.15) is 17.2 Å². The number of methoxy groups -OCH3 is 1. The smallest absolute Gasteiger partial charge is 0.322 e. The van der Waals surface area contributed by atoms with Gasteiger partial charge in [-0.25, -0.2) is 9.78 Å². The molecule has 0 spiro atoms. The summed E-state index contributed by atoms with van der Waals surface area (Å²) in [5.74, 6) is 1.44. The predicted octanol–water partition coefficient (Wildman–Crippen LogP) is 2.48. The van der Waals surface area contributed by atoms with Gasteiger partial charge >= 0.3 is 6.03 Å². The highest BCUT2D eigenvalue weighted by atomic mass is 16.5. The summed E-state index contributed by atoms with van der Waals surface area (Å²) in [4.78, 5) is 19.1. The summed E-state index contributed by atoms with van der Waals surface area (Å²) < 4.78 is 7.01. The van der Waals surface area contributed by atoms with E-state index in [4.69, 9.17) is 4.74 Å². The number of rotatable bonds is 3. The third-order valence-corrected chi connectivity index (χ3v) is 5.58. The quantitative estimate of drug-likeness (QED) is 0.885. The van der Waals surface area contributed by atoms with Crippen molar-refractivity contribution in [2.24, 2.45) is 7.05 Å². The first kappa shape index (κ1) is 16.9. The van der Waals surface area contributed by atoms with Crippen LogP contribution in [0, 0.1) is 0 Å². The number of urea groups is 1. The summed E-state index contributed by atoms with van der Waals surface area (Å²) in [6, 6.07) is 7.23. The number of piperidine rings is 1. The fourth-order valence-corrected chi connectivity index (χ4v) is 4.42. The third kappa shape index (κ3) is 2.82. The van der Waals surface area contributed by atoms with E-state index in [2.05, 4.69) is 10.3 Å². The molecule has 138 valence electrons. The van der Waals surface area contributed by atoms with Crippen LogP contribution in [0.2, 0.25) is 0 Å². The molecule has 0 aliphatic carbocycles. The van der Waals surface area contributed by atoms with Crippen molar-refractivity contribution in [2.45, 2.75) is 43.4 Å². The van der Waals surface area contributed by atoms with Crippen LogP contribution in [0.3, 0.4) is 0 Å². The van der Waals surface area contributed by atoms with E-state index < -0.39 is 5.60 Å². The number of aryl methyl sites for hydroxylation is 1. The number of aromatic nitrogens is 2. The molecule has 2 aromatic rings. The minimum atomic E-state index is -0.971. The molecule has 7 heteroatoms. The summed E-state index contributed by atoms with van der Waals surface area (Å²) in [5, 5.41) is 14.2. The van der Waals surface area contributed by atoms with E-state index in [-0.39, 0.29) is 18.1 Å². The molecule has 2 N–H and O–H groups in total. The Morgan fingerprint density at radius 2 is 1.92 bits per heavy atom. The number of fused-ring (bicyclic) bond motifs is 2. The van der Waals surface area contributed by atoms with E-state index >= 15 is 0 Å². The summed E-state index contributed by atoms with van der Waals surface area (Å²) in [5.41, 5.74) is -0.235. The van der Waals surface area contributed by atoms with Gasteiger partial charge in [0, 0.05) is 50.1 Å². The van der Waals surface area contributed by atoms with Gasteiger partial charge in [-0.2, -0.15) is 0 Å². The molecule has 2 fully saturated rings. The van der Waals surface area contributed by atoms with Crippen LogP contribution in [0.4, 0.5) is 10.5 Å². The van der Waals surface area contributed by atoms with E-state index in [1.807, 2.05) is 47.0 Å². The number of nitrogens with one attached hydrogen (secondary N) is 1. The van der Waals surface area contributed by atoms with Crippen molar-refractivity contribution in [3.05, 3.63) is 42.5 Å². The Bertz CT molecular complexity index is 787. The van der Waals surface area contributed by atoms with Crippen LogP contribution in [0.15, 0.2) is 36.7 Å². The van der Waals surface area contributed by atoms with Crippen LogP contribution in [0.5, 0.6) is 5.75 Å². The van der Waals surface area contributed by atoms with Gasteiger partial charge < -0.3 is 24.6 Å². The molecule has 26 heavy (non-hydrogen) atoms. The van der Waals surface area contributed by atoms with Crippen LogP contribution in [0.1, 0.15) is 31.5 Å². The second kappa shape index (κ2) is 6.32. The highest BCUT2D eigenvalue weighted by molar-refractivity contribution is 5.90. The van der Waals surface area contributed by atoms with Crippen molar-refractivity contribution >= 4 is 11.7 Å². The number of carbonyl (C=O) groups excluding carboxylic acids is 1. The van der Waals surface area contributed by atoms with E-state index in [1.165, 1.54) is 0 Å². The van der Waals surface area contributed by atoms with Gasteiger partial charge in [0.2, 0.25) is 0 Å². The zero-order valence-electron chi connectivity index (χ0n) is 15.1. The van der Waals surface area contributed by atoms with E-state index in [0.29, 0.717) is 18.7 Å². The average molecular weight is 356 g/mol. The van der Waals surface area contributed by atoms with Crippen molar-refractivity contribution in [1.29, 1.82) is 0 Å². The molecular weight excluding hydrogens is 332 g/mol. The molecule has 3 heterocycles. The molecule has 7 nitrogen and oxygen atoms in total. The first-order valence-corrected chi connectivity index (χ1v) is 8.94. The molecular formula is C19H24N4O3. The number of carbonyl (C=O) groups is 1. The number of hydrogen-bond acceptors (Lipinski definition) is 4. The lowest BCUT2D eigenvalue weighted by Crippen LogP contribution is -2.53. The Morgan fingerprint density at radius 3 is 2.46 bits per heavy atom. The molecule has 2 aliphatic rings. The molecule has 1 aromatic heterocycles. The van der Waals surface area contributed by atoms with Crippen molar-refractivity contribution in [2.75, 3.05) is 12.4 Å². The molecule has 2 amide bonds. The molecule has 2 atom stereocenters. The first-order valence-electron chi connectivity index (χ1n) is 8.94. The number of nitrogens with zero attached hydrogens (tertiary/aromatic N) is 3. The van der Waals surface area contributed by atoms with Crippen LogP contribution in [0.25, 0.3) is 0 Å². The molecule has 1 aromatic carbocycles. The van der Waals surface area contributed by atoms with Gasteiger partial charge in [0.25, 0.3) is 0 Å². The lowest BCUT2D eigenvalue weighted by molar-refractivity contribution is -0.0505. The number of amides is 2. The highest BCUT2D eigenvalue weighted by Crippen LogP contribution is 2.45. The van der Waals surface area contributed by atoms with Gasteiger partial charge in [-0.05, 0) is 37.1 Å². The normalized spacial score (nSPS) is 27.4. The summed E-state index contributed by atoms with van der Waals surface area (Å²) >= 11 is 0. The van der Waals surface area contributed by atoms with Crippen molar-refractivity contribution in [3.63, 3.8) is 0 Å². The fraction of sp³-hybridized carbons (Fsp3) is 0.474. The Morgan fingerprint density at radius 1 is 1.27 bits per heavy atom. The monoisotopic (exact) mass is 356 g/mol. The second-order valence-corrected chi connectivity index (χ2v) is 7.25. The zero-order valence-corrected chi connectivity index (χ0v) is 15.1. The Hall–Kier alpha value is -2.54. The van der Waals surface area contributed by atoms with Gasteiger partial charge in [-0.1, -0.05) is 0 Å². The Balaban J connectivity index is 1.49. The molecule has 2 aliphatic heterocycles. The second-order valence-electron chi connectivity index (χ2n) is 7.25. The van der Waals surface area contributed by atoms with E-state index in [0.717, 1.165) is 24.3 Å². The zero-order chi connectivity index (χ0) is 18.3. The van der Waals surface area contributed by atoms with Gasteiger partial charge in [0.05, 0.1) is 7.11 Å². The molecule has 0 saturated carbocycles. The number of imidazole rings is 1. The molecule has 4 rings (SSSR count). The van der Waals surface area contributed by atoms with Gasteiger partial charge in [-0.3, -0.25) is 0 Å². The van der Waals surface area contributed by atoms with Crippen molar-refractivity contribution in [3.8, 4) is 5.75 Å². The maximum absolute atomic E-state index is 12.8. The molecule has 2 bridgehead atoms. The first-order chi connectivity index (χ1) is 12.5. The molecule has 0 unspecified atom stereocenters. The SMILES string of the molecule is COc1ccc(NC(=O)N2[C@H]3CC[C@H]2CC(O)(c2nccn2C)C3)cc1. The Kier molecular flexibility index (Phi) is 4.11. The minimum Gasteiger partial charge on any atom is -0.497 e. The maximum atomic E-state index is 12.8. The van der Waals surface area contributed by atoms with Crippen LogP contribution < -0.4 is 10.1 Å². The predicted molar refractivity (Wildman–Crippen MR) is 97.0 cm³/mol. The summed E-state index contributed by atoms with van der Waals surface area (Å²) in [6.45, 7) is 0. The lowest BCUT2D eigenvalue weighted by atomic mass is 9.85. The number of hydrogen-bond donors (Lipinski definition) is 2. The molecule has 2 saturated heterocycles. The number of ether oxygens (including phenoxy) is 1. The number of anilines is 1. The number of aliphatic hydroxyl groups is 1. The van der Waals surface area contributed by atoms with E-state index in [9.17, 15) is 9.90 Å². The Labute approximate surface area is 152 Å². The van der Waals surface area contributed by atoms with Gasteiger partial charge in [-0.15, -0.1) is 0 Å². The lowest BCUT2D eigenvalue weighted by Gasteiger charge is -2.43. The van der Waals surface area contributed by atoms with Gasteiger partial charge in [0.15, 0.2) is 0 Å². The highest BCUT2D eigenvalue weighted by Gasteiger charge is 2.51. The maximum Gasteiger partial charge on any atom is 0.322 e. The fourth-order valence-electron chi connectivity index (χ4n) is 4.42. The average Bonchev–Trinajstić information content (AvgIpc) is 3.18. The topological polar surface area (TPSA) is 79.6 Å². The van der Waals surface area contributed by atoms with Crippen LogP contribution >= 0.6 is 0 Å². The van der Waals surface area contributed by atoms with Crippen molar-refractivity contribution < 1.29 is 14.6 Å². The third-order valence-electron chi connectivity index (χ3n) is 5.58. The standard InChI is InChI=1S/C19H24N4O3/c1-22-10-9-20-17(22)19(25)11-14-5-6-15(12-19)23(14)18(24)21-13-3-7-16(26-2)8-4-13/h3-4,7-10,14-15,25H,5-6,11-12H2,1-2H3,(H,21,24)/t14-,15-/m0/s1. The number of benzene rings is 1.